The Morgan fingerprint density at radius 2 is 1.63 bits per heavy atom. The number of carbonyl (C=O) groups is 2. The monoisotopic (exact) mass is 646 g/mol. The van der Waals surface area contributed by atoms with Crippen molar-refractivity contribution < 1.29 is 42.1 Å². The number of esters is 2. The van der Waals surface area contributed by atoms with Crippen LogP contribution in [0.3, 0.4) is 0 Å². The number of allylic oxidation sites excluding steroid dienone is 1. The molecule has 0 spiro atoms. The van der Waals surface area contributed by atoms with Crippen LogP contribution in [0.2, 0.25) is 0 Å². The Morgan fingerprint density at radius 1 is 0.957 bits per heavy atom. The molecule has 1 aliphatic heterocycles. The molecule has 14 heteroatoms. The lowest BCUT2D eigenvalue weighted by Crippen LogP contribution is -2.40. The maximum absolute atomic E-state index is 13.4. The van der Waals surface area contributed by atoms with Crippen LogP contribution in [0.1, 0.15) is 11.5 Å². The number of anilines is 1. The Bertz CT molecular complexity index is 2040. The van der Waals surface area contributed by atoms with Gasteiger partial charge in [0.1, 0.15) is 22.7 Å². The Morgan fingerprint density at radius 3 is 2.24 bits per heavy atom. The van der Waals surface area contributed by atoms with Crippen molar-refractivity contribution in [3.8, 4) is 6.07 Å². The number of benzene rings is 3. The minimum Gasteiger partial charge on any atom is -0.466 e. The van der Waals surface area contributed by atoms with Crippen LogP contribution in [-0.2, 0) is 29.1 Å². The summed E-state index contributed by atoms with van der Waals surface area (Å²) in [4.78, 5) is 27.9. The van der Waals surface area contributed by atoms with Crippen molar-refractivity contribution in [3.05, 3.63) is 95.0 Å². The molecule has 3 aromatic carbocycles. The number of nitrogens with zero attached hydrogens (tertiary/aromatic N) is 3. The molecule has 0 aliphatic carbocycles. The molecule has 1 unspecified atom stereocenters. The van der Waals surface area contributed by atoms with E-state index in [2.05, 4.69) is 6.07 Å². The van der Waals surface area contributed by atoms with Gasteiger partial charge in [-0.05, 0) is 35.9 Å². The van der Waals surface area contributed by atoms with E-state index in [4.69, 9.17) is 19.6 Å². The highest BCUT2D eigenvalue weighted by Gasteiger charge is 2.43. The zero-order chi connectivity index (χ0) is 33.2. The van der Waals surface area contributed by atoms with Crippen LogP contribution in [0.5, 0.6) is 0 Å². The number of hydrogen-bond acceptors (Lipinski definition) is 12. The highest BCUT2D eigenvalue weighted by atomic mass is 32.2. The minimum absolute atomic E-state index is 0.00545. The third-order valence-corrected chi connectivity index (χ3v) is 9.53. The summed E-state index contributed by atoms with van der Waals surface area (Å²) in [7, 11) is -1.75. The van der Waals surface area contributed by atoms with Gasteiger partial charge in [-0.2, -0.15) is 9.57 Å². The van der Waals surface area contributed by atoms with E-state index in [0.29, 0.717) is 21.9 Å². The minimum atomic E-state index is -4.06. The number of aliphatic hydroxyl groups excluding tert-OH is 2. The number of methoxy groups -OCH3 is 2. The van der Waals surface area contributed by atoms with E-state index in [-0.39, 0.29) is 51.9 Å². The van der Waals surface area contributed by atoms with Gasteiger partial charge >= 0.3 is 11.9 Å². The van der Waals surface area contributed by atoms with Crippen molar-refractivity contribution in [1.29, 1.82) is 5.26 Å². The second-order valence-electron chi connectivity index (χ2n) is 10.1. The van der Waals surface area contributed by atoms with E-state index < -0.39 is 41.1 Å². The summed E-state index contributed by atoms with van der Waals surface area (Å²) in [6.45, 7) is -1.24. The normalized spacial score (nSPS) is 15.5. The first-order valence-electron chi connectivity index (χ1n) is 14.0. The third-order valence-electron chi connectivity index (χ3n) is 7.63. The molecular formula is C32H30N4O9S. The van der Waals surface area contributed by atoms with Gasteiger partial charge in [0.25, 0.3) is 0 Å². The van der Waals surface area contributed by atoms with Gasteiger partial charge in [-0.1, -0.05) is 30.3 Å². The third kappa shape index (κ3) is 5.46. The van der Waals surface area contributed by atoms with E-state index in [1.165, 1.54) is 29.2 Å². The van der Waals surface area contributed by atoms with Gasteiger partial charge in [0.05, 0.1) is 61.1 Å². The van der Waals surface area contributed by atoms with Crippen LogP contribution >= 0.6 is 0 Å². The van der Waals surface area contributed by atoms with Crippen molar-refractivity contribution in [3.63, 3.8) is 0 Å². The second-order valence-corrected chi connectivity index (χ2v) is 12.1. The summed E-state index contributed by atoms with van der Waals surface area (Å²) in [5.41, 5.74) is 7.59. The Kier molecular flexibility index (Phi) is 9.12. The Balaban J connectivity index is 1.70. The van der Waals surface area contributed by atoms with Crippen LogP contribution < -0.4 is 10.6 Å². The summed E-state index contributed by atoms with van der Waals surface area (Å²) in [5.74, 6) is -2.93. The molecular weight excluding hydrogens is 616 g/mol. The fraction of sp³-hybridized carbons (Fsp3) is 0.219. The quantitative estimate of drug-likeness (QED) is 0.213. The number of ether oxygens (including phenoxy) is 2. The zero-order valence-electron chi connectivity index (χ0n) is 24.8. The molecule has 4 N–H and O–H groups in total. The molecule has 1 aliphatic rings. The molecule has 0 saturated heterocycles. The van der Waals surface area contributed by atoms with Crippen LogP contribution in [0, 0.1) is 11.3 Å². The molecule has 0 fully saturated rings. The van der Waals surface area contributed by atoms with Crippen molar-refractivity contribution >= 4 is 49.6 Å². The summed E-state index contributed by atoms with van der Waals surface area (Å²) < 4.78 is 43.7. The van der Waals surface area contributed by atoms with Gasteiger partial charge in [0, 0.05) is 29.9 Å². The van der Waals surface area contributed by atoms with Gasteiger partial charge in [-0.25, -0.2) is 18.0 Å². The predicted molar refractivity (Wildman–Crippen MR) is 166 cm³/mol. The SMILES string of the molecule is COC(=O)C1=C(C(=O)OC)N(c2ccc3c(c2)oc2ccc(S(=O)(=O)N(CCO)CCO)cc23)C(N)=C(C#N)C1c1ccccc1. The highest BCUT2D eigenvalue weighted by molar-refractivity contribution is 7.89. The first kappa shape index (κ1) is 32.2. The van der Waals surface area contributed by atoms with Gasteiger partial charge in [0.15, 0.2) is 0 Å². The number of hydrogen-bond donors (Lipinski definition) is 3. The molecule has 0 bridgehead atoms. The molecule has 2 heterocycles. The molecule has 0 radical (unpaired) electrons. The molecule has 1 aromatic heterocycles. The topological polar surface area (TPSA) is 197 Å². The van der Waals surface area contributed by atoms with Crippen LogP contribution in [-0.4, -0.2) is 75.4 Å². The van der Waals surface area contributed by atoms with Crippen molar-refractivity contribution in [2.45, 2.75) is 10.8 Å². The number of nitrogens with two attached hydrogens (primary N) is 1. The van der Waals surface area contributed by atoms with Crippen molar-refractivity contribution in [2.75, 3.05) is 45.4 Å². The zero-order valence-corrected chi connectivity index (χ0v) is 25.7. The van der Waals surface area contributed by atoms with Crippen LogP contribution in [0.4, 0.5) is 5.69 Å². The van der Waals surface area contributed by atoms with E-state index in [1.54, 1.807) is 42.5 Å². The Labute approximate surface area is 264 Å². The van der Waals surface area contributed by atoms with Gasteiger partial charge < -0.3 is 29.8 Å². The van der Waals surface area contributed by atoms with E-state index >= 15 is 0 Å². The van der Waals surface area contributed by atoms with E-state index in [1.807, 2.05) is 0 Å². The van der Waals surface area contributed by atoms with Crippen molar-refractivity contribution in [2.24, 2.45) is 5.73 Å². The van der Waals surface area contributed by atoms with Crippen molar-refractivity contribution in [1.82, 2.24) is 4.31 Å². The summed E-state index contributed by atoms with van der Waals surface area (Å²) in [6, 6.07) is 19.7. The lowest BCUT2D eigenvalue weighted by atomic mass is 9.81. The Hall–Kier alpha value is -5.20. The van der Waals surface area contributed by atoms with Crippen LogP contribution in [0.15, 0.2) is 98.7 Å². The molecule has 13 nitrogen and oxygen atoms in total. The first-order valence-corrected chi connectivity index (χ1v) is 15.4. The molecule has 0 saturated carbocycles. The standard InChI is InChI=1S/C32H30N4O9S/c1-43-31(39)28-27(19-6-4-3-5-7-19)24(18-33)30(34)36(29(28)32(40)44-2)20-8-10-22-23-17-21(9-11-25(23)45-26(22)16-20)46(41,42)35(12-14-37)13-15-38/h3-11,16-17,27,37-38H,12-15,34H2,1-2H3. The average Bonchev–Trinajstić information content (AvgIpc) is 3.44. The van der Waals surface area contributed by atoms with E-state index in [9.17, 15) is 33.5 Å². The number of nitriles is 1. The molecule has 5 rings (SSSR count). The van der Waals surface area contributed by atoms with Gasteiger partial charge in [-0.3, -0.25) is 4.90 Å². The second kappa shape index (κ2) is 13.0. The fourth-order valence-electron chi connectivity index (χ4n) is 5.55. The summed E-state index contributed by atoms with van der Waals surface area (Å²) >= 11 is 0. The highest BCUT2D eigenvalue weighted by Crippen LogP contribution is 2.44. The number of aliphatic hydroxyl groups is 2. The molecule has 46 heavy (non-hydrogen) atoms. The predicted octanol–water partition coefficient (Wildman–Crippen LogP) is 2.46. The number of rotatable bonds is 10. The van der Waals surface area contributed by atoms with Crippen LogP contribution in [0.25, 0.3) is 21.9 Å². The maximum atomic E-state index is 13.4. The number of sulfonamides is 1. The maximum Gasteiger partial charge on any atom is 0.355 e. The number of furan rings is 1. The van der Waals surface area contributed by atoms with Gasteiger partial charge in [0.2, 0.25) is 10.0 Å². The lowest BCUT2D eigenvalue weighted by Gasteiger charge is -2.35. The lowest BCUT2D eigenvalue weighted by molar-refractivity contribution is -0.139. The van der Waals surface area contributed by atoms with E-state index in [0.717, 1.165) is 18.5 Å². The summed E-state index contributed by atoms with van der Waals surface area (Å²) in [6.07, 6.45) is 0. The largest absolute Gasteiger partial charge is 0.466 e. The van der Waals surface area contributed by atoms with Gasteiger partial charge in [-0.15, -0.1) is 0 Å². The number of carbonyl (C=O) groups excluding carboxylic acids is 2. The molecule has 0 amide bonds. The fourth-order valence-corrected chi connectivity index (χ4v) is 7.00. The molecule has 4 aromatic rings. The number of fused-ring (bicyclic) bond motifs is 3. The average molecular weight is 647 g/mol. The molecule has 1 atom stereocenters. The summed E-state index contributed by atoms with van der Waals surface area (Å²) in [5, 5.41) is 29.9. The first-order chi connectivity index (χ1) is 22.1. The molecule has 238 valence electrons. The smallest absolute Gasteiger partial charge is 0.355 e.